The van der Waals surface area contributed by atoms with Crippen LogP contribution in [-0.4, -0.2) is 34.2 Å². The van der Waals surface area contributed by atoms with Crippen molar-refractivity contribution >= 4 is 40.7 Å². The van der Waals surface area contributed by atoms with Crippen LogP contribution >= 0.6 is 23.8 Å². The summed E-state index contributed by atoms with van der Waals surface area (Å²) in [6.45, 7) is 6.12. The van der Waals surface area contributed by atoms with E-state index in [4.69, 9.17) is 28.8 Å². The van der Waals surface area contributed by atoms with Crippen molar-refractivity contribution in [3.8, 4) is 0 Å². The van der Waals surface area contributed by atoms with Gasteiger partial charge in [0, 0.05) is 41.3 Å². The van der Waals surface area contributed by atoms with Crippen molar-refractivity contribution < 1.29 is 0 Å². The molecule has 2 N–H and O–H groups in total. The zero-order valence-corrected chi connectivity index (χ0v) is 20.0. The third-order valence-corrected chi connectivity index (χ3v) is 7.27. The SMILES string of the molecule is Cc1cc(N2CCCCC2C)nc(NC(=S)NCC2(c3ccc(Cl)cc3)CCCC2)n1. The van der Waals surface area contributed by atoms with Gasteiger partial charge in [-0.15, -0.1) is 0 Å². The van der Waals surface area contributed by atoms with Crippen molar-refractivity contribution in [2.75, 3.05) is 23.3 Å². The van der Waals surface area contributed by atoms with Crippen molar-refractivity contribution in [3.05, 3.63) is 46.6 Å². The van der Waals surface area contributed by atoms with E-state index in [9.17, 15) is 0 Å². The van der Waals surface area contributed by atoms with Gasteiger partial charge in [0.1, 0.15) is 5.82 Å². The molecule has 31 heavy (non-hydrogen) atoms. The molecule has 1 aromatic carbocycles. The van der Waals surface area contributed by atoms with E-state index >= 15 is 0 Å². The van der Waals surface area contributed by atoms with Crippen LogP contribution in [-0.2, 0) is 5.41 Å². The number of nitrogens with zero attached hydrogens (tertiary/aromatic N) is 3. The molecule has 1 unspecified atom stereocenters. The summed E-state index contributed by atoms with van der Waals surface area (Å²) >= 11 is 11.7. The first-order valence-electron chi connectivity index (χ1n) is 11.4. The van der Waals surface area contributed by atoms with Gasteiger partial charge >= 0.3 is 0 Å². The molecule has 2 aliphatic rings. The molecular formula is C24H32ClN5S. The van der Waals surface area contributed by atoms with Gasteiger partial charge < -0.3 is 15.5 Å². The lowest BCUT2D eigenvalue weighted by Crippen LogP contribution is -2.41. The van der Waals surface area contributed by atoms with Crippen LogP contribution in [0.25, 0.3) is 0 Å². The molecule has 0 bridgehead atoms. The highest BCUT2D eigenvalue weighted by molar-refractivity contribution is 7.80. The molecule has 1 saturated heterocycles. The van der Waals surface area contributed by atoms with Crippen molar-refractivity contribution in [1.82, 2.24) is 15.3 Å². The molecule has 2 heterocycles. The van der Waals surface area contributed by atoms with Gasteiger partial charge in [0.2, 0.25) is 5.95 Å². The molecule has 1 aromatic heterocycles. The average molecular weight is 458 g/mol. The van der Waals surface area contributed by atoms with E-state index in [0.29, 0.717) is 17.1 Å². The van der Waals surface area contributed by atoms with Gasteiger partial charge in [-0.1, -0.05) is 36.6 Å². The summed E-state index contributed by atoms with van der Waals surface area (Å²) in [6.07, 6.45) is 8.49. The fourth-order valence-electron chi connectivity index (χ4n) is 5.01. The number of piperidine rings is 1. The van der Waals surface area contributed by atoms with Crippen LogP contribution in [0, 0.1) is 6.92 Å². The number of aromatic nitrogens is 2. The summed E-state index contributed by atoms with van der Waals surface area (Å²) in [7, 11) is 0. The molecule has 0 amide bonds. The quantitative estimate of drug-likeness (QED) is 0.568. The third kappa shape index (κ3) is 5.29. The Bertz CT molecular complexity index is 911. The number of halogens is 1. The van der Waals surface area contributed by atoms with E-state index in [2.05, 4.69) is 45.6 Å². The minimum Gasteiger partial charge on any atom is -0.361 e. The number of anilines is 2. The lowest BCUT2D eigenvalue weighted by molar-refractivity contribution is 0.435. The molecule has 2 aromatic rings. The lowest BCUT2D eigenvalue weighted by atomic mass is 9.79. The number of benzene rings is 1. The van der Waals surface area contributed by atoms with E-state index in [1.807, 2.05) is 19.1 Å². The zero-order valence-electron chi connectivity index (χ0n) is 18.5. The van der Waals surface area contributed by atoms with Crippen LogP contribution in [0.15, 0.2) is 30.3 Å². The topological polar surface area (TPSA) is 53.1 Å². The van der Waals surface area contributed by atoms with Crippen molar-refractivity contribution in [3.63, 3.8) is 0 Å². The van der Waals surface area contributed by atoms with Gasteiger partial charge in [-0.3, -0.25) is 0 Å². The number of aryl methyl sites for hydroxylation is 1. The van der Waals surface area contributed by atoms with E-state index in [0.717, 1.165) is 42.5 Å². The molecule has 2 fully saturated rings. The highest BCUT2D eigenvalue weighted by Gasteiger charge is 2.35. The first-order valence-corrected chi connectivity index (χ1v) is 12.2. The monoisotopic (exact) mass is 457 g/mol. The number of rotatable bonds is 5. The number of nitrogens with one attached hydrogen (secondary N) is 2. The summed E-state index contributed by atoms with van der Waals surface area (Å²) in [5.41, 5.74) is 2.37. The highest BCUT2D eigenvalue weighted by Crippen LogP contribution is 2.41. The third-order valence-electron chi connectivity index (χ3n) is 6.77. The van der Waals surface area contributed by atoms with Gasteiger partial charge in [-0.25, -0.2) is 4.98 Å². The minimum atomic E-state index is 0.0954. The maximum atomic E-state index is 6.11. The van der Waals surface area contributed by atoms with Gasteiger partial charge in [-0.2, -0.15) is 4.98 Å². The maximum absolute atomic E-state index is 6.11. The summed E-state index contributed by atoms with van der Waals surface area (Å²) < 4.78 is 0. The number of hydrogen-bond donors (Lipinski definition) is 2. The van der Waals surface area contributed by atoms with Gasteiger partial charge in [0.25, 0.3) is 0 Å². The largest absolute Gasteiger partial charge is 0.361 e. The number of thiocarbonyl (C=S) groups is 1. The smallest absolute Gasteiger partial charge is 0.231 e. The Balaban J connectivity index is 1.43. The van der Waals surface area contributed by atoms with Gasteiger partial charge in [0.05, 0.1) is 0 Å². The molecule has 166 valence electrons. The number of hydrogen-bond acceptors (Lipinski definition) is 4. The van der Waals surface area contributed by atoms with Crippen LogP contribution in [0.2, 0.25) is 5.02 Å². The summed E-state index contributed by atoms with van der Waals surface area (Å²) in [5.74, 6) is 1.55. The zero-order chi connectivity index (χ0) is 21.8. The molecule has 1 aliphatic heterocycles. The Hall–Kier alpha value is -1.92. The summed E-state index contributed by atoms with van der Waals surface area (Å²) in [6, 6.07) is 10.8. The molecule has 1 saturated carbocycles. The van der Waals surface area contributed by atoms with Crippen LogP contribution in [0.5, 0.6) is 0 Å². The Morgan fingerprint density at radius 3 is 2.61 bits per heavy atom. The Labute approximate surface area is 196 Å². The second-order valence-electron chi connectivity index (χ2n) is 9.03. The Morgan fingerprint density at radius 1 is 1.16 bits per heavy atom. The summed E-state index contributed by atoms with van der Waals surface area (Å²) in [4.78, 5) is 11.7. The molecule has 1 aliphatic carbocycles. The lowest BCUT2D eigenvalue weighted by Gasteiger charge is -2.34. The molecule has 5 nitrogen and oxygen atoms in total. The molecule has 0 radical (unpaired) electrons. The van der Waals surface area contributed by atoms with Crippen molar-refractivity contribution in [2.45, 2.75) is 70.3 Å². The average Bonchev–Trinajstić information content (AvgIpc) is 3.23. The summed E-state index contributed by atoms with van der Waals surface area (Å²) in [5, 5.41) is 8.03. The van der Waals surface area contributed by atoms with Gasteiger partial charge in [0.15, 0.2) is 5.11 Å². The van der Waals surface area contributed by atoms with Crippen LogP contribution in [0.1, 0.15) is 63.1 Å². The fraction of sp³-hybridized carbons (Fsp3) is 0.542. The standard InChI is InChI=1S/C24H32ClN5S/c1-17-15-21(30-14-6-3-7-18(30)2)28-22(27-17)29-23(31)26-16-24(12-4-5-13-24)19-8-10-20(25)11-9-19/h8-11,15,18H,3-7,12-14,16H2,1-2H3,(H2,26,27,28,29,31). The molecule has 4 rings (SSSR count). The van der Waals surface area contributed by atoms with Crippen LogP contribution in [0.3, 0.4) is 0 Å². The highest BCUT2D eigenvalue weighted by atomic mass is 35.5. The Morgan fingerprint density at radius 2 is 1.90 bits per heavy atom. The Kier molecular flexibility index (Phi) is 6.97. The molecule has 0 spiro atoms. The normalized spacial score (nSPS) is 20.5. The van der Waals surface area contributed by atoms with Crippen LogP contribution in [0.4, 0.5) is 11.8 Å². The van der Waals surface area contributed by atoms with Crippen molar-refractivity contribution in [2.24, 2.45) is 0 Å². The van der Waals surface area contributed by atoms with Crippen LogP contribution < -0.4 is 15.5 Å². The molecule has 7 heteroatoms. The van der Waals surface area contributed by atoms with E-state index in [1.54, 1.807) is 0 Å². The predicted octanol–water partition coefficient (Wildman–Crippen LogP) is 5.62. The fourth-order valence-corrected chi connectivity index (χ4v) is 5.30. The minimum absolute atomic E-state index is 0.0954. The van der Waals surface area contributed by atoms with Crippen molar-refractivity contribution in [1.29, 1.82) is 0 Å². The van der Waals surface area contributed by atoms with Gasteiger partial charge in [-0.05, 0) is 75.9 Å². The predicted molar refractivity (Wildman–Crippen MR) is 133 cm³/mol. The second kappa shape index (κ2) is 9.70. The van der Waals surface area contributed by atoms with E-state index in [1.165, 1.54) is 37.7 Å². The second-order valence-corrected chi connectivity index (χ2v) is 9.88. The molecule has 1 atom stereocenters. The first-order chi connectivity index (χ1) is 14.9. The first kappa shape index (κ1) is 22.3. The maximum Gasteiger partial charge on any atom is 0.231 e. The van der Waals surface area contributed by atoms with E-state index in [-0.39, 0.29) is 5.41 Å². The molecular weight excluding hydrogens is 426 g/mol. The van der Waals surface area contributed by atoms with E-state index < -0.39 is 0 Å².